The molecule has 0 spiro atoms. The van der Waals surface area contributed by atoms with Crippen molar-refractivity contribution < 1.29 is 9.21 Å². The van der Waals surface area contributed by atoms with Crippen LogP contribution in [-0.4, -0.2) is 24.4 Å². The second kappa shape index (κ2) is 5.05. The normalized spacial score (nSPS) is 12.0. The molecule has 0 aliphatic rings. The number of nitriles is 1. The number of furan rings is 1. The lowest BCUT2D eigenvalue weighted by molar-refractivity contribution is 0.0782. The molecule has 1 aromatic rings. The van der Waals surface area contributed by atoms with E-state index < -0.39 is 0 Å². The van der Waals surface area contributed by atoms with Crippen molar-refractivity contribution in [1.29, 1.82) is 5.26 Å². The maximum Gasteiger partial charge on any atom is 0.257 e. The molecule has 4 heteroatoms. The number of hydrogen-bond acceptors (Lipinski definition) is 3. The van der Waals surface area contributed by atoms with E-state index in [0.717, 1.165) is 11.3 Å². The van der Waals surface area contributed by atoms with Gasteiger partial charge < -0.3 is 9.32 Å². The van der Waals surface area contributed by atoms with Crippen LogP contribution in [-0.2, 0) is 0 Å². The summed E-state index contributed by atoms with van der Waals surface area (Å²) in [6.07, 6.45) is 0. The van der Waals surface area contributed by atoms with Gasteiger partial charge in [-0.25, -0.2) is 0 Å². The van der Waals surface area contributed by atoms with Gasteiger partial charge in [0.2, 0.25) is 0 Å². The fourth-order valence-corrected chi connectivity index (χ4v) is 1.83. The standard InChI is InChI=1S/C13H18N2O2/c1-8(6-14)7-15(5)13(16)12-9(2)10(3)17-11(12)4/h8H,7H2,1-5H3. The Balaban J connectivity index is 2.94. The molecule has 0 saturated heterocycles. The van der Waals surface area contributed by atoms with Crippen molar-refractivity contribution in [1.82, 2.24) is 4.90 Å². The summed E-state index contributed by atoms with van der Waals surface area (Å²) in [5.41, 5.74) is 1.50. The van der Waals surface area contributed by atoms with E-state index in [1.165, 1.54) is 0 Å². The highest BCUT2D eigenvalue weighted by Gasteiger charge is 2.22. The van der Waals surface area contributed by atoms with Crippen LogP contribution in [0.15, 0.2) is 4.42 Å². The summed E-state index contributed by atoms with van der Waals surface area (Å²) in [7, 11) is 1.71. The summed E-state index contributed by atoms with van der Waals surface area (Å²) in [6, 6.07) is 2.12. The van der Waals surface area contributed by atoms with Crippen molar-refractivity contribution in [3.63, 3.8) is 0 Å². The van der Waals surface area contributed by atoms with Crippen molar-refractivity contribution in [3.05, 3.63) is 22.6 Å². The summed E-state index contributed by atoms with van der Waals surface area (Å²) in [4.78, 5) is 13.8. The second-order valence-electron chi connectivity index (χ2n) is 4.43. The van der Waals surface area contributed by atoms with Gasteiger partial charge in [0.05, 0.1) is 17.6 Å². The van der Waals surface area contributed by atoms with Gasteiger partial charge in [-0.3, -0.25) is 4.79 Å². The first kappa shape index (κ1) is 13.3. The Morgan fingerprint density at radius 2 is 2.00 bits per heavy atom. The van der Waals surface area contributed by atoms with Gasteiger partial charge >= 0.3 is 0 Å². The van der Waals surface area contributed by atoms with Gasteiger partial charge in [0, 0.05) is 19.2 Å². The average molecular weight is 234 g/mol. The molecule has 1 amide bonds. The van der Waals surface area contributed by atoms with E-state index in [-0.39, 0.29) is 11.8 Å². The Bertz CT molecular complexity index is 468. The number of carbonyl (C=O) groups excluding carboxylic acids is 1. The Labute approximate surface area is 102 Å². The molecule has 0 aliphatic heterocycles. The van der Waals surface area contributed by atoms with Crippen molar-refractivity contribution >= 4 is 5.91 Å². The molecule has 0 saturated carbocycles. The van der Waals surface area contributed by atoms with Crippen LogP contribution in [0.25, 0.3) is 0 Å². The highest BCUT2D eigenvalue weighted by Crippen LogP contribution is 2.22. The van der Waals surface area contributed by atoms with Crippen molar-refractivity contribution in [2.24, 2.45) is 5.92 Å². The summed E-state index contributed by atoms with van der Waals surface area (Å²) < 4.78 is 5.44. The van der Waals surface area contributed by atoms with Gasteiger partial charge in [0.1, 0.15) is 11.5 Å². The quantitative estimate of drug-likeness (QED) is 0.807. The lowest BCUT2D eigenvalue weighted by Crippen LogP contribution is -2.31. The van der Waals surface area contributed by atoms with Crippen LogP contribution in [0.2, 0.25) is 0 Å². The molecule has 17 heavy (non-hydrogen) atoms. The van der Waals surface area contributed by atoms with Gasteiger partial charge in [-0.2, -0.15) is 5.26 Å². The molecule has 0 bridgehead atoms. The Morgan fingerprint density at radius 3 is 2.41 bits per heavy atom. The Kier molecular flexibility index (Phi) is 3.95. The summed E-state index contributed by atoms with van der Waals surface area (Å²) in [6.45, 7) is 7.73. The first-order valence-corrected chi connectivity index (χ1v) is 5.60. The van der Waals surface area contributed by atoms with E-state index in [1.807, 2.05) is 13.8 Å². The number of amides is 1. The van der Waals surface area contributed by atoms with Crippen LogP contribution < -0.4 is 0 Å². The molecule has 4 nitrogen and oxygen atoms in total. The van der Waals surface area contributed by atoms with Crippen LogP contribution in [0.3, 0.4) is 0 Å². The highest BCUT2D eigenvalue weighted by atomic mass is 16.3. The number of hydrogen-bond donors (Lipinski definition) is 0. The Hall–Kier alpha value is -1.76. The van der Waals surface area contributed by atoms with E-state index in [0.29, 0.717) is 17.9 Å². The second-order valence-corrected chi connectivity index (χ2v) is 4.43. The minimum absolute atomic E-state index is 0.0843. The smallest absolute Gasteiger partial charge is 0.257 e. The van der Waals surface area contributed by atoms with Gasteiger partial charge in [-0.05, 0) is 27.7 Å². The van der Waals surface area contributed by atoms with Crippen molar-refractivity contribution in [2.75, 3.05) is 13.6 Å². The fourth-order valence-electron chi connectivity index (χ4n) is 1.83. The molecule has 1 atom stereocenters. The molecule has 0 radical (unpaired) electrons. The van der Waals surface area contributed by atoms with E-state index in [2.05, 4.69) is 6.07 Å². The van der Waals surface area contributed by atoms with Gasteiger partial charge in [0.15, 0.2) is 0 Å². The number of nitrogens with zero attached hydrogens (tertiary/aromatic N) is 2. The third-order valence-corrected chi connectivity index (χ3v) is 2.89. The summed E-state index contributed by atoms with van der Waals surface area (Å²) in [5, 5.41) is 8.74. The molecule has 0 aromatic carbocycles. The third kappa shape index (κ3) is 2.68. The summed E-state index contributed by atoms with van der Waals surface area (Å²) in [5.74, 6) is 1.16. The van der Waals surface area contributed by atoms with E-state index in [9.17, 15) is 4.79 Å². The van der Waals surface area contributed by atoms with Gasteiger partial charge in [-0.15, -0.1) is 0 Å². The van der Waals surface area contributed by atoms with E-state index in [1.54, 1.807) is 25.8 Å². The number of carbonyl (C=O) groups is 1. The molecule has 0 fully saturated rings. The van der Waals surface area contributed by atoms with E-state index >= 15 is 0 Å². The molecule has 0 aliphatic carbocycles. The topological polar surface area (TPSA) is 57.2 Å². The average Bonchev–Trinajstić information content (AvgIpc) is 2.52. The first-order valence-electron chi connectivity index (χ1n) is 5.60. The first-order chi connectivity index (χ1) is 7.88. The zero-order valence-electron chi connectivity index (χ0n) is 11.0. The monoisotopic (exact) mass is 234 g/mol. The van der Waals surface area contributed by atoms with Crippen LogP contribution in [0, 0.1) is 38.0 Å². The molecule has 0 N–H and O–H groups in total. The zero-order valence-corrected chi connectivity index (χ0v) is 11.0. The van der Waals surface area contributed by atoms with Crippen LogP contribution in [0.1, 0.15) is 34.4 Å². The molecule has 1 unspecified atom stereocenters. The number of aryl methyl sites for hydroxylation is 2. The van der Waals surface area contributed by atoms with E-state index in [4.69, 9.17) is 9.68 Å². The summed E-state index contributed by atoms with van der Waals surface area (Å²) >= 11 is 0. The third-order valence-electron chi connectivity index (χ3n) is 2.89. The lowest BCUT2D eigenvalue weighted by atomic mass is 10.1. The zero-order chi connectivity index (χ0) is 13.2. The molecule has 1 aromatic heterocycles. The van der Waals surface area contributed by atoms with Gasteiger partial charge in [-0.1, -0.05) is 0 Å². The van der Waals surface area contributed by atoms with Crippen LogP contribution >= 0.6 is 0 Å². The predicted octanol–water partition coefficient (Wildman–Crippen LogP) is 2.44. The largest absolute Gasteiger partial charge is 0.466 e. The highest BCUT2D eigenvalue weighted by molar-refractivity contribution is 5.96. The minimum atomic E-state index is -0.169. The predicted molar refractivity (Wildman–Crippen MR) is 64.7 cm³/mol. The molecule has 1 heterocycles. The lowest BCUT2D eigenvalue weighted by Gasteiger charge is -2.18. The van der Waals surface area contributed by atoms with Crippen molar-refractivity contribution in [2.45, 2.75) is 27.7 Å². The van der Waals surface area contributed by atoms with Gasteiger partial charge in [0.25, 0.3) is 5.91 Å². The molecular weight excluding hydrogens is 216 g/mol. The van der Waals surface area contributed by atoms with Crippen LogP contribution in [0.5, 0.6) is 0 Å². The molecule has 1 rings (SSSR count). The molecular formula is C13H18N2O2. The Morgan fingerprint density at radius 1 is 1.41 bits per heavy atom. The minimum Gasteiger partial charge on any atom is -0.466 e. The molecule has 92 valence electrons. The van der Waals surface area contributed by atoms with Crippen molar-refractivity contribution in [3.8, 4) is 6.07 Å². The number of rotatable bonds is 3. The SMILES string of the molecule is Cc1oc(C)c(C(=O)N(C)CC(C)C#N)c1C. The maximum absolute atomic E-state index is 12.2. The van der Waals surface area contributed by atoms with Crippen LogP contribution in [0.4, 0.5) is 0 Å². The maximum atomic E-state index is 12.2. The fraction of sp³-hybridized carbons (Fsp3) is 0.538.